The van der Waals surface area contributed by atoms with Crippen molar-refractivity contribution in [1.29, 1.82) is 0 Å². The first-order valence-electron chi connectivity index (χ1n) is 13.4. The minimum Gasteiger partial charge on any atom is -0.393 e. The summed E-state index contributed by atoms with van der Waals surface area (Å²) >= 11 is 0. The quantitative estimate of drug-likeness (QED) is 0.343. The monoisotopic (exact) mass is 494 g/mol. The van der Waals surface area contributed by atoms with Crippen LogP contribution in [0.15, 0.2) is 11.6 Å². The van der Waals surface area contributed by atoms with Crippen LogP contribution in [0.1, 0.15) is 80.1 Å². The van der Waals surface area contributed by atoms with Crippen molar-refractivity contribution in [2.45, 2.75) is 116 Å². The Balaban J connectivity index is 1.72. The molecule has 6 N–H and O–H groups in total. The van der Waals surface area contributed by atoms with Crippen molar-refractivity contribution in [3.63, 3.8) is 0 Å². The summed E-state index contributed by atoms with van der Waals surface area (Å²) in [5.74, 6) is -1.04. The number of aliphatic hydroxyl groups is 6. The van der Waals surface area contributed by atoms with Gasteiger partial charge in [0.15, 0.2) is 5.78 Å². The molecule has 200 valence electrons. The van der Waals surface area contributed by atoms with E-state index in [4.69, 9.17) is 0 Å². The first-order chi connectivity index (χ1) is 16.0. The average molecular weight is 495 g/mol. The van der Waals surface area contributed by atoms with E-state index in [0.717, 1.165) is 0 Å². The number of carbonyl (C=O) groups is 1. The van der Waals surface area contributed by atoms with Crippen molar-refractivity contribution in [3.05, 3.63) is 11.6 Å². The van der Waals surface area contributed by atoms with Crippen LogP contribution >= 0.6 is 0 Å². The third kappa shape index (κ3) is 3.79. The highest BCUT2D eigenvalue weighted by Gasteiger charge is 2.71. The number of aliphatic hydroxyl groups excluding tert-OH is 4. The fourth-order valence-corrected chi connectivity index (χ4v) is 8.52. The van der Waals surface area contributed by atoms with Crippen LogP contribution in [0, 0.1) is 40.4 Å². The Hall–Kier alpha value is -0.830. The molecule has 4 rings (SSSR count). The third-order valence-corrected chi connectivity index (χ3v) is 11.2. The summed E-state index contributed by atoms with van der Waals surface area (Å²) < 4.78 is 0. The van der Waals surface area contributed by atoms with E-state index in [9.17, 15) is 35.4 Å². The molecule has 3 fully saturated rings. The third-order valence-electron chi connectivity index (χ3n) is 11.2. The van der Waals surface area contributed by atoms with Gasteiger partial charge in [-0.15, -0.1) is 0 Å². The zero-order chi connectivity index (χ0) is 26.3. The number of allylic oxidation sites excluding steroid dienone is 1. The average Bonchev–Trinajstić information content (AvgIpc) is 2.95. The SMILES string of the molecule is CC(C)[C@@H](C)C[C@@H](O)[C@](C)(O)[C@H]1[C@@H](O)C[C@@]2(O)C3=CC(=O)[C@@H]4C[C@@H](O)[C@@H](O)C[C@]4(C)[C@H]3CC[C@]12C. The van der Waals surface area contributed by atoms with Crippen LogP contribution in [-0.4, -0.2) is 72.0 Å². The molecule has 0 unspecified atom stereocenters. The van der Waals surface area contributed by atoms with Crippen LogP contribution in [0.3, 0.4) is 0 Å². The van der Waals surface area contributed by atoms with Crippen molar-refractivity contribution < 1.29 is 35.4 Å². The Morgan fingerprint density at radius 2 is 1.69 bits per heavy atom. The highest BCUT2D eigenvalue weighted by molar-refractivity contribution is 5.95. The number of hydrogen-bond acceptors (Lipinski definition) is 7. The smallest absolute Gasteiger partial charge is 0.159 e. The molecule has 12 atom stereocenters. The molecule has 0 aromatic rings. The molecule has 35 heavy (non-hydrogen) atoms. The van der Waals surface area contributed by atoms with Crippen molar-refractivity contribution in [2.75, 3.05) is 0 Å². The second kappa shape index (κ2) is 8.60. The summed E-state index contributed by atoms with van der Waals surface area (Å²) in [6, 6.07) is 0. The Morgan fingerprint density at radius 3 is 2.29 bits per heavy atom. The van der Waals surface area contributed by atoms with Crippen LogP contribution in [0.2, 0.25) is 0 Å². The van der Waals surface area contributed by atoms with Crippen LogP contribution < -0.4 is 0 Å². The lowest BCUT2D eigenvalue weighted by atomic mass is 9.45. The Morgan fingerprint density at radius 1 is 1.06 bits per heavy atom. The van der Waals surface area contributed by atoms with Gasteiger partial charge in [-0.25, -0.2) is 0 Å². The molecule has 0 amide bonds. The predicted molar refractivity (Wildman–Crippen MR) is 131 cm³/mol. The molecule has 0 spiro atoms. The van der Waals surface area contributed by atoms with Crippen LogP contribution in [0.25, 0.3) is 0 Å². The van der Waals surface area contributed by atoms with Gasteiger partial charge in [0.05, 0.1) is 35.6 Å². The fraction of sp³-hybridized carbons (Fsp3) is 0.893. The molecule has 0 aromatic carbocycles. The Kier molecular flexibility index (Phi) is 6.69. The minimum atomic E-state index is -1.63. The highest BCUT2D eigenvalue weighted by atomic mass is 16.3. The Labute approximate surface area is 209 Å². The van der Waals surface area contributed by atoms with Gasteiger partial charge in [-0.3, -0.25) is 4.79 Å². The maximum Gasteiger partial charge on any atom is 0.159 e. The van der Waals surface area contributed by atoms with E-state index in [1.54, 1.807) is 6.92 Å². The van der Waals surface area contributed by atoms with Crippen molar-refractivity contribution >= 4 is 5.78 Å². The second-order valence-electron chi connectivity index (χ2n) is 13.5. The summed E-state index contributed by atoms with van der Waals surface area (Å²) in [7, 11) is 0. The molecule has 0 bridgehead atoms. The van der Waals surface area contributed by atoms with E-state index in [1.807, 2.05) is 20.8 Å². The maximum absolute atomic E-state index is 13.3. The zero-order valence-corrected chi connectivity index (χ0v) is 22.1. The lowest BCUT2D eigenvalue weighted by Crippen LogP contribution is -2.63. The standard InChI is InChI=1S/C28H46O7/c1-14(2)15(3)9-23(33)27(6,34)24-22(32)13-28(35)17-10-19(29)18-11-20(30)21(31)12-25(18,4)16(17)7-8-26(24,28)5/h10,14-16,18,20-24,30-35H,7-9,11-13H2,1-6H3/t15-,16-,18-,20+,21-,22-,23+,24-,25+,26+,27-,28+/m0/s1. The van der Waals surface area contributed by atoms with Gasteiger partial charge < -0.3 is 30.6 Å². The summed E-state index contributed by atoms with van der Waals surface area (Å²) in [5.41, 5.74) is -4.12. The summed E-state index contributed by atoms with van der Waals surface area (Å²) in [6.45, 7) is 11.6. The largest absolute Gasteiger partial charge is 0.393 e. The summed E-state index contributed by atoms with van der Waals surface area (Å²) in [6.07, 6.45) is -0.487. The number of rotatable bonds is 5. The lowest BCUT2D eigenvalue weighted by Gasteiger charge is -2.60. The van der Waals surface area contributed by atoms with Crippen molar-refractivity contribution in [2.24, 2.45) is 40.4 Å². The number of fused-ring (bicyclic) bond motifs is 5. The molecule has 0 aliphatic heterocycles. The number of ketones is 1. The van der Waals surface area contributed by atoms with E-state index >= 15 is 0 Å². The predicted octanol–water partition coefficient (Wildman–Crippen LogP) is 1.96. The van der Waals surface area contributed by atoms with Crippen LogP contribution in [-0.2, 0) is 4.79 Å². The van der Waals surface area contributed by atoms with Gasteiger partial charge in [0, 0.05) is 23.7 Å². The van der Waals surface area contributed by atoms with Gasteiger partial charge in [-0.2, -0.15) is 0 Å². The Bertz CT molecular complexity index is 883. The van der Waals surface area contributed by atoms with E-state index < -0.39 is 58.3 Å². The van der Waals surface area contributed by atoms with Crippen molar-refractivity contribution in [1.82, 2.24) is 0 Å². The van der Waals surface area contributed by atoms with E-state index in [0.29, 0.717) is 30.8 Å². The normalized spacial score (nSPS) is 48.9. The second-order valence-corrected chi connectivity index (χ2v) is 13.5. The molecule has 0 aromatic heterocycles. The number of hydrogen-bond donors (Lipinski definition) is 6. The first-order valence-corrected chi connectivity index (χ1v) is 13.4. The van der Waals surface area contributed by atoms with Crippen LogP contribution in [0.4, 0.5) is 0 Å². The molecule has 7 nitrogen and oxygen atoms in total. The van der Waals surface area contributed by atoms with Gasteiger partial charge in [0.2, 0.25) is 0 Å². The van der Waals surface area contributed by atoms with Gasteiger partial charge >= 0.3 is 0 Å². The van der Waals surface area contributed by atoms with E-state index in [1.165, 1.54) is 6.08 Å². The highest BCUT2D eigenvalue weighted by Crippen LogP contribution is 2.68. The molecule has 0 radical (unpaired) electrons. The topological polar surface area (TPSA) is 138 Å². The minimum absolute atomic E-state index is 0.0156. The molecule has 0 heterocycles. The maximum atomic E-state index is 13.3. The molecule has 0 saturated heterocycles. The van der Waals surface area contributed by atoms with E-state index in [-0.39, 0.29) is 36.9 Å². The van der Waals surface area contributed by atoms with Gasteiger partial charge in [0.25, 0.3) is 0 Å². The molecule has 4 aliphatic carbocycles. The molecular weight excluding hydrogens is 448 g/mol. The summed E-state index contributed by atoms with van der Waals surface area (Å²) in [5, 5.41) is 67.1. The zero-order valence-electron chi connectivity index (χ0n) is 22.1. The summed E-state index contributed by atoms with van der Waals surface area (Å²) in [4.78, 5) is 13.3. The van der Waals surface area contributed by atoms with Gasteiger partial charge in [-0.1, -0.05) is 34.6 Å². The van der Waals surface area contributed by atoms with Gasteiger partial charge in [0.1, 0.15) is 0 Å². The molecule has 7 heteroatoms. The number of carbonyl (C=O) groups excluding carboxylic acids is 1. The fourth-order valence-electron chi connectivity index (χ4n) is 8.52. The molecule has 3 saturated carbocycles. The van der Waals surface area contributed by atoms with Crippen molar-refractivity contribution in [3.8, 4) is 0 Å². The molecule has 4 aliphatic rings. The lowest BCUT2D eigenvalue weighted by molar-refractivity contribution is -0.186. The first kappa shape index (κ1) is 27.2. The molecular formula is C28H46O7. The van der Waals surface area contributed by atoms with E-state index in [2.05, 4.69) is 13.8 Å². The van der Waals surface area contributed by atoms with Gasteiger partial charge in [-0.05, 0) is 73.8 Å². The van der Waals surface area contributed by atoms with Crippen LogP contribution in [0.5, 0.6) is 0 Å².